The number of benzene rings is 1. The van der Waals surface area contributed by atoms with Gasteiger partial charge in [0.2, 0.25) is 15.9 Å². The summed E-state index contributed by atoms with van der Waals surface area (Å²) in [6.07, 6.45) is 0. The summed E-state index contributed by atoms with van der Waals surface area (Å²) in [5, 5.41) is 10.8. The first-order chi connectivity index (χ1) is 9.38. The summed E-state index contributed by atoms with van der Waals surface area (Å²) >= 11 is 0. The number of sulfonamides is 1. The van der Waals surface area contributed by atoms with E-state index in [1.54, 1.807) is 6.92 Å². The Morgan fingerprint density at radius 3 is 2.29 bits per heavy atom. The maximum absolute atomic E-state index is 12.0. The molecule has 1 rings (SSSR count). The molecule has 0 bridgehead atoms. The Bertz CT molecular complexity index is 635. The van der Waals surface area contributed by atoms with E-state index in [-0.39, 0.29) is 22.0 Å². The molecule has 1 atom stereocenters. The lowest BCUT2D eigenvalue weighted by atomic mass is 10.1. The molecule has 0 saturated carbocycles. The third kappa shape index (κ3) is 5.60. The third-order valence-electron chi connectivity index (χ3n) is 2.53. The fourth-order valence-corrected chi connectivity index (χ4v) is 2.25. The van der Waals surface area contributed by atoms with Gasteiger partial charge in [0.15, 0.2) is 0 Å². The highest BCUT2D eigenvalue weighted by Gasteiger charge is 2.19. The van der Waals surface area contributed by atoms with E-state index in [0.717, 1.165) is 0 Å². The van der Waals surface area contributed by atoms with Crippen LogP contribution in [0.2, 0.25) is 0 Å². The summed E-state index contributed by atoms with van der Waals surface area (Å²) in [6.45, 7) is 7.28. The second kappa shape index (κ2) is 5.90. The van der Waals surface area contributed by atoms with Gasteiger partial charge in [-0.2, -0.15) is 0 Å². The molecule has 0 aliphatic heterocycles. The quantitative estimate of drug-likeness (QED) is 0.606. The van der Waals surface area contributed by atoms with Crippen LogP contribution in [0.1, 0.15) is 27.7 Å². The second-order valence-corrected chi connectivity index (χ2v) is 7.50. The first kappa shape index (κ1) is 17.3. The number of rotatable bonds is 4. The number of nitrogen functional groups attached to an aromatic ring is 1. The monoisotopic (exact) mass is 314 g/mol. The lowest BCUT2D eigenvalue weighted by Gasteiger charge is -2.24. The smallest absolute Gasteiger partial charge is 0.242 e. The van der Waals surface area contributed by atoms with Crippen molar-refractivity contribution in [2.45, 2.75) is 44.2 Å². The lowest BCUT2D eigenvalue weighted by molar-refractivity contribution is -0.122. The Morgan fingerprint density at radius 2 is 1.81 bits per heavy atom. The number of hydrogen-bond donors (Lipinski definition) is 4. The average Bonchev–Trinajstić information content (AvgIpc) is 2.24. The predicted molar refractivity (Wildman–Crippen MR) is 83.2 cm³/mol. The number of nitrogens with two attached hydrogens (primary N) is 2. The van der Waals surface area contributed by atoms with Crippen LogP contribution < -0.4 is 21.5 Å². The molecular weight excluding hydrogens is 292 g/mol. The number of carbonyl (C=O) groups is 1. The molecule has 0 aliphatic rings. The highest BCUT2D eigenvalue weighted by Crippen LogP contribution is 2.20. The second-order valence-electron chi connectivity index (χ2n) is 5.94. The maximum Gasteiger partial charge on any atom is 0.242 e. The summed E-state index contributed by atoms with van der Waals surface area (Å²) in [6, 6.07) is 3.59. The number of hydrogen-bond acceptors (Lipinski definition) is 5. The van der Waals surface area contributed by atoms with E-state index in [1.807, 2.05) is 20.8 Å². The Balaban J connectivity index is 2.93. The van der Waals surface area contributed by atoms with Gasteiger partial charge >= 0.3 is 0 Å². The standard InChI is InChI=1S/C13H22N4O3S/c1-8(12(18)17-13(2,3)4)16-10-5-9(14)6-11(7-10)21(15,19)20/h5-8,16H,14H2,1-4H3,(H,17,18)(H2,15,19,20). The zero-order valence-electron chi connectivity index (χ0n) is 12.6. The molecule has 0 spiro atoms. The molecule has 6 N–H and O–H groups in total. The SMILES string of the molecule is CC(Nc1cc(N)cc(S(N)(=O)=O)c1)C(=O)NC(C)(C)C. The molecule has 1 unspecified atom stereocenters. The van der Waals surface area contributed by atoms with E-state index in [0.29, 0.717) is 5.69 Å². The molecule has 0 aromatic heterocycles. The highest BCUT2D eigenvalue weighted by molar-refractivity contribution is 7.89. The van der Waals surface area contributed by atoms with E-state index >= 15 is 0 Å². The van der Waals surface area contributed by atoms with E-state index in [2.05, 4.69) is 10.6 Å². The molecule has 1 aromatic rings. The van der Waals surface area contributed by atoms with Crippen molar-refractivity contribution in [3.63, 3.8) is 0 Å². The zero-order chi connectivity index (χ0) is 16.4. The van der Waals surface area contributed by atoms with Gasteiger partial charge in [-0.1, -0.05) is 0 Å². The molecule has 0 radical (unpaired) electrons. The van der Waals surface area contributed by atoms with E-state index in [1.165, 1.54) is 18.2 Å². The van der Waals surface area contributed by atoms with Crippen molar-refractivity contribution in [3.05, 3.63) is 18.2 Å². The summed E-state index contributed by atoms with van der Waals surface area (Å²) in [5.74, 6) is -0.206. The van der Waals surface area contributed by atoms with Gasteiger partial charge in [-0.15, -0.1) is 0 Å². The molecule has 0 fully saturated rings. The third-order valence-corrected chi connectivity index (χ3v) is 3.42. The number of nitrogens with one attached hydrogen (secondary N) is 2. The first-order valence-corrected chi connectivity index (χ1v) is 7.95. The van der Waals surface area contributed by atoms with Crippen LogP contribution in [-0.4, -0.2) is 25.9 Å². The van der Waals surface area contributed by atoms with Gasteiger partial charge < -0.3 is 16.4 Å². The Kier molecular flexibility index (Phi) is 4.85. The molecule has 1 aromatic carbocycles. The maximum atomic E-state index is 12.0. The van der Waals surface area contributed by atoms with Gasteiger partial charge in [-0.25, -0.2) is 13.6 Å². The molecule has 118 valence electrons. The van der Waals surface area contributed by atoms with Gasteiger partial charge in [0.1, 0.15) is 6.04 Å². The van der Waals surface area contributed by atoms with Crippen LogP contribution in [0.5, 0.6) is 0 Å². The number of primary sulfonamides is 1. The Hall–Kier alpha value is -1.80. The van der Waals surface area contributed by atoms with Crippen LogP contribution in [0.25, 0.3) is 0 Å². The van der Waals surface area contributed by atoms with Gasteiger partial charge in [-0.3, -0.25) is 4.79 Å². The first-order valence-electron chi connectivity index (χ1n) is 6.40. The molecular formula is C13H22N4O3S. The molecule has 8 heteroatoms. The fourth-order valence-electron chi connectivity index (χ4n) is 1.66. The highest BCUT2D eigenvalue weighted by atomic mass is 32.2. The van der Waals surface area contributed by atoms with Crippen molar-refractivity contribution in [3.8, 4) is 0 Å². The van der Waals surface area contributed by atoms with Crippen LogP contribution in [0, 0.1) is 0 Å². The van der Waals surface area contributed by atoms with Crippen LogP contribution in [0.4, 0.5) is 11.4 Å². The molecule has 1 amide bonds. The summed E-state index contributed by atoms with van der Waals surface area (Å²) in [5.41, 5.74) is 5.95. The number of amides is 1. The number of anilines is 2. The summed E-state index contributed by atoms with van der Waals surface area (Å²) in [4.78, 5) is 11.9. The van der Waals surface area contributed by atoms with Crippen molar-refractivity contribution < 1.29 is 13.2 Å². The predicted octanol–water partition coefficient (Wildman–Crippen LogP) is 0.631. The van der Waals surface area contributed by atoms with Crippen molar-refractivity contribution in [1.82, 2.24) is 5.32 Å². The van der Waals surface area contributed by atoms with Crippen LogP contribution in [0.15, 0.2) is 23.1 Å². The molecule has 0 aliphatic carbocycles. The van der Waals surface area contributed by atoms with Gasteiger partial charge in [0.05, 0.1) is 4.90 Å². The molecule has 7 nitrogen and oxygen atoms in total. The Morgan fingerprint density at radius 1 is 1.24 bits per heavy atom. The lowest BCUT2D eigenvalue weighted by Crippen LogP contribution is -2.47. The minimum Gasteiger partial charge on any atom is -0.399 e. The van der Waals surface area contributed by atoms with Crippen molar-refractivity contribution in [2.24, 2.45) is 5.14 Å². The number of carbonyl (C=O) groups excluding carboxylic acids is 1. The van der Waals surface area contributed by atoms with Crippen molar-refractivity contribution in [1.29, 1.82) is 0 Å². The van der Waals surface area contributed by atoms with Gasteiger partial charge in [0, 0.05) is 16.9 Å². The van der Waals surface area contributed by atoms with Crippen LogP contribution >= 0.6 is 0 Å². The summed E-state index contributed by atoms with van der Waals surface area (Å²) < 4.78 is 22.7. The van der Waals surface area contributed by atoms with Crippen LogP contribution in [0.3, 0.4) is 0 Å². The minimum absolute atomic E-state index is 0.103. The molecule has 21 heavy (non-hydrogen) atoms. The average molecular weight is 314 g/mol. The van der Waals surface area contributed by atoms with E-state index in [4.69, 9.17) is 10.9 Å². The van der Waals surface area contributed by atoms with E-state index < -0.39 is 16.1 Å². The molecule has 0 heterocycles. The molecule has 0 saturated heterocycles. The fraction of sp³-hybridized carbons (Fsp3) is 0.462. The van der Waals surface area contributed by atoms with Gasteiger partial charge in [0.25, 0.3) is 0 Å². The van der Waals surface area contributed by atoms with Gasteiger partial charge in [-0.05, 0) is 45.9 Å². The Labute approximate surface area is 125 Å². The van der Waals surface area contributed by atoms with Crippen molar-refractivity contribution >= 4 is 27.3 Å². The minimum atomic E-state index is -3.85. The zero-order valence-corrected chi connectivity index (χ0v) is 13.4. The van der Waals surface area contributed by atoms with Crippen molar-refractivity contribution in [2.75, 3.05) is 11.1 Å². The largest absolute Gasteiger partial charge is 0.399 e. The normalized spacial score (nSPS) is 13.6. The topological polar surface area (TPSA) is 127 Å². The van der Waals surface area contributed by atoms with Crippen LogP contribution in [-0.2, 0) is 14.8 Å². The van der Waals surface area contributed by atoms with E-state index in [9.17, 15) is 13.2 Å². The summed E-state index contributed by atoms with van der Waals surface area (Å²) in [7, 11) is -3.85.